The molecule has 0 bridgehead atoms. The first-order valence-corrected chi connectivity index (χ1v) is 8.03. The summed E-state index contributed by atoms with van der Waals surface area (Å²) in [7, 11) is 0. The lowest BCUT2D eigenvalue weighted by molar-refractivity contribution is 0.476. The van der Waals surface area contributed by atoms with Crippen LogP contribution >= 0.6 is 0 Å². The quantitative estimate of drug-likeness (QED) is 0.699. The molecule has 1 aromatic heterocycles. The number of aromatic nitrogens is 1. The zero-order valence-corrected chi connectivity index (χ0v) is 14.2. The number of fused-ring (bicyclic) bond motifs is 1. The van der Waals surface area contributed by atoms with Crippen LogP contribution in [-0.4, -0.2) is 10.1 Å². The van der Waals surface area contributed by atoms with Crippen LogP contribution in [-0.2, 0) is 6.54 Å². The Kier molecular flexibility index (Phi) is 5.58. The van der Waals surface area contributed by atoms with Gasteiger partial charge in [0.1, 0.15) is 11.3 Å². The summed E-state index contributed by atoms with van der Waals surface area (Å²) in [5.41, 5.74) is 4.64. The Morgan fingerprint density at radius 3 is 2.35 bits per heavy atom. The van der Waals surface area contributed by atoms with Gasteiger partial charge in [0.05, 0.1) is 12.2 Å². The predicted octanol–water partition coefficient (Wildman–Crippen LogP) is 5.20. The van der Waals surface area contributed by atoms with Gasteiger partial charge in [0.2, 0.25) is 0 Å². The lowest BCUT2D eigenvalue weighted by Gasteiger charge is -2.10. The van der Waals surface area contributed by atoms with E-state index in [4.69, 9.17) is 0 Å². The van der Waals surface area contributed by atoms with E-state index in [1.54, 1.807) is 0 Å². The molecule has 23 heavy (non-hydrogen) atoms. The van der Waals surface area contributed by atoms with Crippen molar-refractivity contribution in [2.75, 3.05) is 5.32 Å². The van der Waals surface area contributed by atoms with Crippen molar-refractivity contribution in [1.82, 2.24) is 4.98 Å². The number of para-hydroxylation sites is 1. The number of pyridine rings is 1. The number of hydrogen-bond acceptors (Lipinski definition) is 3. The highest BCUT2D eigenvalue weighted by molar-refractivity contribution is 5.88. The molecule has 0 unspecified atom stereocenters. The molecular weight excluding hydrogens is 284 g/mol. The van der Waals surface area contributed by atoms with Crippen molar-refractivity contribution in [2.45, 2.75) is 34.2 Å². The summed E-state index contributed by atoms with van der Waals surface area (Å²) in [6, 6.07) is 16.0. The van der Waals surface area contributed by atoms with Gasteiger partial charge in [-0.05, 0) is 43.2 Å². The summed E-state index contributed by atoms with van der Waals surface area (Å²) in [5.74, 6) is 0.275. The summed E-state index contributed by atoms with van der Waals surface area (Å²) in [6.45, 7) is 8.57. The van der Waals surface area contributed by atoms with E-state index in [0.717, 1.165) is 27.9 Å². The zero-order chi connectivity index (χ0) is 16.8. The van der Waals surface area contributed by atoms with Crippen LogP contribution in [0.15, 0.2) is 48.5 Å². The first-order chi connectivity index (χ1) is 11.1. The van der Waals surface area contributed by atoms with Crippen LogP contribution in [0.1, 0.15) is 30.7 Å². The van der Waals surface area contributed by atoms with E-state index in [0.29, 0.717) is 12.1 Å². The fraction of sp³-hybridized carbons (Fsp3) is 0.250. The molecule has 0 atom stereocenters. The van der Waals surface area contributed by atoms with E-state index in [9.17, 15) is 5.11 Å². The van der Waals surface area contributed by atoms with E-state index in [2.05, 4.69) is 10.3 Å². The molecule has 3 heteroatoms. The number of aryl methyl sites for hydroxylation is 2. The maximum absolute atomic E-state index is 10.2. The Balaban J connectivity index is 0.000000924. The molecule has 0 saturated heterocycles. The molecule has 0 fully saturated rings. The van der Waals surface area contributed by atoms with Crippen LogP contribution in [0, 0.1) is 13.8 Å². The van der Waals surface area contributed by atoms with Crippen molar-refractivity contribution in [2.24, 2.45) is 0 Å². The number of hydrogen-bond donors (Lipinski definition) is 2. The molecule has 0 amide bonds. The Bertz CT molecular complexity index is 782. The Morgan fingerprint density at radius 1 is 0.957 bits per heavy atom. The molecule has 3 rings (SSSR count). The number of benzene rings is 2. The maximum atomic E-state index is 10.2. The number of nitrogens with zero attached hydrogens (tertiary/aromatic N) is 1. The topological polar surface area (TPSA) is 45.2 Å². The van der Waals surface area contributed by atoms with Crippen LogP contribution in [0.4, 0.5) is 5.69 Å². The molecular formula is C20H24N2O. The fourth-order valence-corrected chi connectivity index (χ4v) is 2.50. The van der Waals surface area contributed by atoms with Crippen molar-refractivity contribution in [3.8, 4) is 5.75 Å². The second-order valence-corrected chi connectivity index (χ2v) is 5.28. The van der Waals surface area contributed by atoms with E-state index in [1.807, 2.05) is 76.2 Å². The van der Waals surface area contributed by atoms with Crippen LogP contribution < -0.4 is 5.32 Å². The summed E-state index contributed by atoms with van der Waals surface area (Å²) >= 11 is 0. The van der Waals surface area contributed by atoms with Gasteiger partial charge in [0, 0.05) is 11.1 Å². The van der Waals surface area contributed by atoms with Crippen LogP contribution in [0.3, 0.4) is 0 Å². The number of anilines is 1. The average molecular weight is 308 g/mol. The van der Waals surface area contributed by atoms with Gasteiger partial charge in [-0.15, -0.1) is 0 Å². The van der Waals surface area contributed by atoms with Crippen molar-refractivity contribution in [3.63, 3.8) is 0 Å². The molecule has 3 nitrogen and oxygen atoms in total. The molecule has 0 aliphatic carbocycles. The van der Waals surface area contributed by atoms with E-state index in [1.165, 1.54) is 0 Å². The molecule has 3 aromatic rings. The SMILES string of the molecule is CC.Cc1cc(C)c2ccc(CNc3ccccc3)nc2c1O. The van der Waals surface area contributed by atoms with Gasteiger partial charge in [0.15, 0.2) is 0 Å². The summed E-state index contributed by atoms with van der Waals surface area (Å²) in [4.78, 5) is 4.60. The number of aromatic hydroxyl groups is 1. The molecule has 0 radical (unpaired) electrons. The normalized spacial score (nSPS) is 10.1. The van der Waals surface area contributed by atoms with E-state index < -0.39 is 0 Å². The Morgan fingerprint density at radius 2 is 1.65 bits per heavy atom. The van der Waals surface area contributed by atoms with Gasteiger partial charge >= 0.3 is 0 Å². The number of rotatable bonds is 3. The fourth-order valence-electron chi connectivity index (χ4n) is 2.50. The van der Waals surface area contributed by atoms with Gasteiger partial charge in [0.25, 0.3) is 0 Å². The van der Waals surface area contributed by atoms with Crippen LogP contribution in [0.5, 0.6) is 5.75 Å². The highest BCUT2D eigenvalue weighted by Gasteiger charge is 2.08. The Labute approximate surface area is 138 Å². The second kappa shape index (κ2) is 7.63. The standard InChI is InChI=1S/C18H18N2O.C2H6/c1-12-10-13(2)18(21)17-16(12)9-8-15(20-17)11-19-14-6-4-3-5-7-14;1-2/h3-10,19,21H,11H2,1-2H3;1-2H3. The molecule has 2 aromatic carbocycles. The molecule has 0 saturated carbocycles. The minimum Gasteiger partial charge on any atom is -0.505 e. The number of phenols is 1. The van der Waals surface area contributed by atoms with Crippen LogP contribution in [0.2, 0.25) is 0 Å². The number of nitrogens with one attached hydrogen (secondary N) is 1. The van der Waals surface area contributed by atoms with Gasteiger partial charge in [-0.1, -0.05) is 44.2 Å². The minimum atomic E-state index is 0.275. The van der Waals surface area contributed by atoms with Crippen molar-refractivity contribution < 1.29 is 5.11 Å². The molecule has 0 aliphatic rings. The highest BCUT2D eigenvalue weighted by Crippen LogP contribution is 2.29. The number of phenolic OH excluding ortho intramolecular Hbond substituents is 1. The lowest BCUT2D eigenvalue weighted by Crippen LogP contribution is -2.02. The van der Waals surface area contributed by atoms with Gasteiger partial charge in [-0.2, -0.15) is 0 Å². The smallest absolute Gasteiger partial charge is 0.144 e. The van der Waals surface area contributed by atoms with Crippen molar-refractivity contribution >= 4 is 16.6 Å². The minimum absolute atomic E-state index is 0.275. The summed E-state index contributed by atoms with van der Waals surface area (Å²) in [5, 5.41) is 14.5. The lowest BCUT2D eigenvalue weighted by atomic mass is 10.0. The Hall–Kier alpha value is -2.55. The van der Waals surface area contributed by atoms with Crippen molar-refractivity contribution in [1.29, 1.82) is 0 Å². The van der Waals surface area contributed by atoms with Crippen LogP contribution in [0.25, 0.3) is 10.9 Å². The van der Waals surface area contributed by atoms with Gasteiger partial charge in [-0.25, -0.2) is 4.98 Å². The summed E-state index contributed by atoms with van der Waals surface area (Å²) in [6.07, 6.45) is 0. The average Bonchev–Trinajstić information content (AvgIpc) is 2.60. The van der Waals surface area contributed by atoms with Gasteiger partial charge in [-0.3, -0.25) is 0 Å². The largest absolute Gasteiger partial charge is 0.505 e. The molecule has 0 aliphatic heterocycles. The summed E-state index contributed by atoms with van der Waals surface area (Å²) < 4.78 is 0. The van der Waals surface area contributed by atoms with E-state index >= 15 is 0 Å². The first kappa shape index (κ1) is 16.8. The maximum Gasteiger partial charge on any atom is 0.144 e. The second-order valence-electron chi connectivity index (χ2n) is 5.28. The molecule has 2 N–H and O–H groups in total. The third-order valence-corrected chi connectivity index (χ3v) is 3.66. The highest BCUT2D eigenvalue weighted by atomic mass is 16.3. The van der Waals surface area contributed by atoms with Crippen molar-refractivity contribution in [3.05, 3.63) is 65.4 Å². The monoisotopic (exact) mass is 308 g/mol. The first-order valence-electron chi connectivity index (χ1n) is 8.03. The molecule has 0 spiro atoms. The third kappa shape index (κ3) is 3.81. The predicted molar refractivity (Wildman–Crippen MR) is 98.0 cm³/mol. The molecule has 120 valence electrons. The third-order valence-electron chi connectivity index (χ3n) is 3.66. The molecule has 1 heterocycles. The van der Waals surface area contributed by atoms with E-state index in [-0.39, 0.29) is 5.75 Å². The zero-order valence-electron chi connectivity index (χ0n) is 14.2. The van der Waals surface area contributed by atoms with Gasteiger partial charge < -0.3 is 10.4 Å².